The molecule has 1 saturated carbocycles. The lowest BCUT2D eigenvalue weighted by atomic mass is 10.2. The van der Waals surface area contributed by atoms with Crippen molar-refractivity contribution < 1.29 is 27.9 Å². The fraction of sp³-hybridized carbons (Fsp3) is 0.800. The number of nitrogens with zero attached hydrogens (tertiary/aromatic N) is 1. The summed E-state index contributed by atoms with van der Waals surface area (Å²) in [7, 11) is 0. The summed E-state index contributed by atoms with van der Waals surface area (Å²) in [6.45, 7) is 1.18. The van der Waals surface area contributed by atoms with Gasteiger partial charge in [-0.2, -0.15) is 13.2 Å². The van der Waals surface area contributed by atoms with E-state index in [9.17, 15) is 22.8 Å². The molecular formula is C10H15F3N2O3. The maximum absolute atomic E-state index is 12.2. The second kappa shape index (κ2) is 4.66. The molecule has 1 aliphatic carbocycles. The highest BCUT2D eigenvalue weighted by atomic mass is 19.4. The molecule has 0 saturated heterocycles. The molecule has 0 aromatic heterocycles. The molecule has 1 aliphatic rings. The molecule has 104 valence electrons. The number of halogens is 3. The van der Waals surface area contributed by atoms with E-state index in [2.05, 4.69) is 5.32 Å². The van der Waals surface area contributed by atoms with Crippen LogP contribution in [0.25, 0.3) is 0 Å². The highest BCUT2D eigenvalue weighted by Crippen LogP contribution is 2.44. The van der Waals surface area contributed by atoms with Crippen molar-refractivity contribution in [2.45, 2.75) is 32.5 Å². The average Bonchev–Trinajstić information content (AvgIpc) is 2.68. The molecule has 0 heterocycles. The van der Waals surface area contributed by atoms with Gasteiger partial charge < -0.3 is 15.3 Å². The lowest BCUT2D eigenvalue weighted by Gasteiger charge is -2.22. The number of urea groups is 1. The predicted molar refractivity (Wildman–Crippen MR) is 56.0 cm³/mol. The number of alkyl halides is 3. The summed E-state index contributed by atoms with van der Waals surface area (Å²) < 4.78 is 36.6. The first kappa shape index (κ1) is 14.6. The maximum atomic E-state index is 12.2. The van der Waals surface area contributed by atoms with Gasteiger partial charge in [-0.1, -0.05) is 13.8 Å². The molecule has 0 aliphatic heterocycles. The van der Waals surface area contributed by atoms with Gasteiger partial charge in [0.15, 0.2) is 0 Å². The minimum atomic E-state index is -4.62. The number of hydrogen-bond acceptors (Lipinski definition) is 2. The lowest BCUT2D eigenvalue weighted by Crippen LogP contribution is -2.48. The summed E-state index contributed by atoms with van der Waals surface area (Å²) in [5.41, 5.74) is -0.136. The van der Waals surface area contributed by atoms with Crippen molar-refractivity contribution in [2.24, 2.45) is 5.41 Å². The number of carbonyl (C=O) groups is 2. The van der Waals surface area contributed by atoms with Crippen molar-refractivity contribution >= 4 is 12.0 Å². The number of rotatable bonds is 4. The highest BCUT2D eigenvalue weighted by Gasteiger charge is 2.47. The van der Waals surface area contributed by atoms with Gasteiger partial charge in [0.25, 0.3) is 0 Å². The van der Waals surface area contributed by atoms with E-state index in [0.717, 1.165) is 0 Å². The largest absolute Gasteiger partial charge is 0.480 e. The van der Waals surface area contributed by atoms with E-state index in [0.29, 0.717) is 6.42 Å². The van der Waals surface area contributed by atoms with Gasteiger partial charge in [-0.3, -0.25) is 4.79 Å². The lowest BCUT2D eigenvalue weighted by molar-refractivity contribution is -0.149. The van der Waals surface area contributed by atoms with E-state index in [1.54, 1.807) is 0 Å². The van der Waals surface area contributed by atoms with Crippen LogP contribution < -0.4 is 5.32 Å². The molecule has 5 nitrogen and oxygen atoms in total. The van der Waals surface area contributed by atoms with E-state index in [-0.39, 0.29) is 16.4 Å². The van der Waals surface area contributed by atoms with Crippen LogP contribution in [0.4, 0.5) is 18.0 Å². The molecule has 1 fully saturated rings. The Kier molecular flexibility index (Phi) is 3.78. The number of carboxylic acid groups (broad SMARTS) is 1. The van der Waals surface area contributed by atoms with Crippen LogP contribution in [0, 0.1) is 5.41 Å². The third kappa shape index (κ3) is 4.42. The normalized spacial score (nSPS) is 21.3. The first-order valence-electron chi connectivity index (χ1n) is 5.35. The Labute approximate surface area is 102 Å². The minimum Gasteiger partial charge on any atom is -0.480 e. The summed E-state index contributed by atoms with van der Waals surface area (Å²) in [6.07, 6.45) is -3.95. The van der Waals surface area contributed by atoms with Crippen molar-refractivity contribution in [1.29, 1.82) is 0 Å². The Bertz CT molecular complexity index is 355. The van der Waals surface area contributed by atoms with E-state index < -0.39 is 31.3 Å². The van der Waals surface area contributed by atoms with Crippen molar-refractivity contribution in [3.63, 3.8) is 0 Å². The molecule has 0 aromatic carbocycles. The Morgan fingerprint density at radius 2 is 1.94 bits per heavy atom. The van der Waals surface area contributed by atoms with Crippen molar-refractivity contribution in [1.82, 2.24) is 10.2 Å². The quantitative estimate of drug-likeness (QED) is 0.810. The molecule has 0 bridgehead atoms. The molecular weight excluding hydrogens is 253 g/mol. The third-order valence-corrected chi connectivity index (χ3v) is 2.79. The zero-order valence-electron chi connectivity index (χ0n) is 10.0. The van der Waals surface area contributed by atoms with Gasteiger partial charge in [0, 0.05) is 6.04 Å². The topological polar surface area (TPSA) is 69.6 Å². The molecule has 0 spiro atoms. The van der Waals surface area contributed by atoms with Crippen LogP contribution in [-0.2, 0) is 4.79 Å². The van der Waals surface area contributed by atoms with E-state index in [4.69, 9.17) is 5.11 Å². The molecule has 0 radical (unpaired) electrons. The Morgan fingerprint density at radius 1 is 1.44 bits per heavy atom. The molecule has 0 aromatic rings. The summed E-state index contributed by atoms with van der Waals surface area (Å²) in [5, 5.41) is 10.9. The standard InChI is InChI=1S/C10H15F3N2O3/c1-9(2)3-6(9)14-8(18)15(4-7(16)17)5-10(11,12)13/h6H,3-5H2,1-2H3,(H,14,18)(H,16,17). The molecule has 18 heavy (non-hydrogen) atoms. The minimum absolute atomic E-state index is 0.136. The number of carbonyl (C=O) groups excluding carboxylic acids is 1. The predicted octanol–water partition coefficient (Wildman–Crippen LogP) is 1.44. The van der Waals surface area contributed by atoms with Gasteiger partial charge in [0.2, 0.25) is 0 Å². The Balaban J connectivity index is 2.59. The molecule has 1 atom stereocenters. The Hall–Kier alpha value is -1.47. The summed E-state index contributed by atoms with van der Waals surface area (Å²) in [6, 6.07) is -1.19. The number of hydrogen-bond donors (Lipinski definition) is 2. The maximum Gasteiger partial charge on any atom is 0.406 e. The van der Waals surface area contributed by atoms with Crippen molar-refractivity contribution in [3.05, 3.63) is 0 Å². The van der Waals surface area contributed by atoms with Crippen LogP contribution in [0.1, 0.15) is 20.3 Å². The highest BCUT2D eigenvalue weighted by molar-refractivity contribution is 5.80. The molecule has 8 heteroatoms. The smallest absolute Gasteiger partial charge is 0.406 e. The van der Waals surface area contributed by atoms with Crippen LogP contribution in [-0.4, -0.2) is 47.3 Å². The van der Waals surface area contributed by atoms with Crippen LogP contribution >= 0.6 is 0 Å². The monoisotopic (exact) mass is 268 g/mol. The first-order valence-corrected chi connectivity index (χ1v) is 5.35. The van der Waals surface area contributed by atoms with Gasteiger partial charge in [-0.05, 0) is 11.8 Å². The second-order valence-electron chi connectivity index (χ2n) is 5.06. The molecule has 1 unspecified atom stereocenters. The number of carboxylic acids is 1. The fourth-order valence-corrected chi connectivity index (χ4v) is 1.53. The number of nitrogens with one attached hydrogen (secondary N) is 1. The summed E-state index contributed by atoms with van der Waals surface area (Å²) >= 11 is 0. The first-order chi connectivity index (χ1) is 8.01. The van der Waals surface area contributed by atoms with Crippen LogP contribution in [0.5, 0.6) is 0 Å². The SMILES string of the molecule is CC1(C)CC1NC(=O)N(CC(=O)O)CC(F)(F)F. The van der Waals surface area contributed by atoms with Crippen LogP contribution in [0.2, 0.25) is 0 Å². The van der Waals surface area contributed by atoms with Gasteiger partial charge in [0.05, 0.1) is 0 Å². The van der Waals surface area contributed by atoms with Gasteiger partial charge in [-0.25, -0.2) is 4.79 Å². The summed E-state index contributed by atoms with van der Waals surface area (Å²) in [4.78, 5) is 22.2. The van der Waals surface area contributed by atoms with E-state index in [1.165, 1.54) is 0 Å². The molecule has 1 rings (SSSR count). The summed E-state index contributed by atoms with van der Waals surface area (Å²) in [5.74, 6) is -1.48. The van der Waals surface area contributed by atoms with Gasteiger partial charge in [-0.15, -0.1) is 0 Å². The van der Waals surface area contributed by atoms with Crippen LogP contribution in [0.3, 0.4) is 0 Å². The fourth-order valence-electron chi connectivity index (χ4n) is 1.53. The van der Waals surface area contributed by atoms with Gasteiger partial charge >= 0.3 is 18.2 Å². The Morgan fingerprint density at radius 3 is 2.28 bits per heavy atom. The van der Waals surface area contributed by atoms with Crippen LogP contribution in [0.15, 0.2) is 0 Å². The van der Waals surface area contributed by atoms with E-state index >= 15 is 0 Å². The van der Waals surface area contributed by atoms with Crippen molar-refractivity contribution in [3.8, 4) is 0 Å². The number of amides is 2. The number of aliphatic carboxylic acids is 1. The van der Waals surface area contributed by atoms with Crippen molar-refractivity contribution in [2.75, 3.05) is 13.1 Å². The third-order valence-electron chi connectivity index (χ3n) is 2.79. The molecule has 2 N–H and O–H groups in total. The van der Waals surface area contributed by atoms with E-state index in [1.807, 2.05) is 13.8 Å². The molecule has 2 amide bonds. The average molecular weight is 268 g/mol. The zero-order valence-corrected chi connectivity index (χ0v) is 10.0. The van der Waals surface area contributed by atoms with Gasteiger partial charge in [0.1, 0.15) is 13.1 Å². The second-order valence-corrected chi connectivity index (χ2v) is 5.06. The zero-order chi connectivity index (χ0) is 14.1.